The molecule has 1 fully saturated rings. The summed E-state index contributed by atoms with van der Waals surface area (Å²) in [6.45, 7) is 3.96. The van der Waals surface area contributed by atoms with Gasteiger partial charge in [0, 0.05) is 0 Å². The standard InChI is InChI=1S/C13H27BGeO2/c1-5-6-7-8-10-13(15(2,3)4)14-16-11-9-12-17-14/h10H,5-9,11-12H2,1-4H3/b13-10+. The molecule has 4 heteroatoms. The van der Waals surface area contributed by atoms with E-state index in [9.17, 15) is 0 Å². The van der Waals surface area contributed by atoms with E-state index in [1.807, 2.05) is 0 Å². The van der Waals surface area contributed by atoms with E-state index in [4.69, 9.17) is 9.31 Å². The third-order valence-electron chi connectivity index (χ3n) is 3.12. The normalized spacial score (nSPS) is 18.6. The molecule has 0 spiro atoms. The molecule has 0 saturated carbocycles. The first-order valence-electron chi connectivity index (χ1n) is 6.99. The van der Waals surface area contributed by atoms with Crippen molar-refractivity contribution in [3.63, 3.8) is 0 Å². The van der Waals surface area contributed by atoms with Gasteiger partial charge in [-0.15, -0.1) is 0 Å². The van der Waals surface area contributed by atoms with Crippen LogP contribution in [0.3, 0.4) is 0 Å². The van der Waals surface area contributed by atoms with Crippen LogP contribution in [0.25, 0.3) is 0 Å². The summed E-state index contributed by atoms with van der Waals surface area (Å²) in [7, 11) is -0.0228. The average Bonchev–Trinajstić information content (AvgIpc) is 2.28. The van der Waals surface area contributed by atoms with Crippen molar-refractivity contribution in [3.8, 4) is 0 Å². The van der Waals surface area contributed by atoms with Crippen LogP contribution in [0, 0.1) is 0 Å². The van der Waals surface area contributed by atoms with Gasteiger partial charge in [-0.3, -0.25) is 0 Å². The summed E-state index contributed by atoms with van der Waals surface area (Å²) < 4.78 is 13.1. The van der Waals surface area contributed by atoms with Crippen molar-refractivity contribution in [1.29, 1.82) is 0 Å². The van der Waals surface area contributed by atoms with Crippen LogP contribution in [0.4, 0.5) is 0 Å². The SMILES string of the molecule is CCCCC/C=[C](\B1OCCCO1)[Ge]([CH3])([CH3])[CH3]. The van der Waals surface area contributed by atoms with Gasteiger partial charge in [-0.2, -0.15) is 0 Å². The molecule has 0 aliphatic carbocycles. The minimum atomic E-state index is -1.83. The maximum absolute atomic E-state index is 5.78. The summed E-state index contributed by atoms with van der Waals surface area (Å²) in [5.74, 6) is 7.27. The van der Waals surface area contributed by atoms with E-state index in [0.717, 1.165) is 19.6 Å². The van der Waals surface area contributed by atoms with Crippen LogP contribution >= 0.6 is 0 Å². The summed E-state index contributed by atoms with van der Waals surface area (Å²) in [6, 6.07) is 0. The molecular weight excluding hydrogens is 272 g/mol. The van der Waals surface area contributed by atoms with Crippen molar-refractivity contribution in [2.75, 3.05) is 13.2 Å². The van der Waals surface area contributed by atoms with E-state index in [1.165, 1.54) is 30.0 Å². The molecule has 0 atom stereocenters. The minimum absolute atomic E-state index is 0.0228. The van der Waals surface area contributed by atoms with Gasteiger partial charge in [-0.25, -0.2) is 0 Å². The van der Waals surface area contributed by atoms with Gasteiger partial charge < -0.3 is 0 Å². The fourth-order valence-corrected chi connectivity index (χ4v) is 5.50. The van der Waals surface area contributed by atoms with E-state index in [2.05, 4.69) is 30.3 Å². The van der Waals surface area contributed by atoms with Crippen LogP contribution in [-0.2, 0) is 9.31 Å². The fourth-order valence-electron chi connectivity index (χ4n) is 2.08. The Balaban J connectivity index is 2.59. The van der Waals surface area contributed by atoms with E-state index in [0.29, 0.717) is 0 Å². The third kappa shape index (κ3) is 5.62. The second kappa shape index (κ2) is 7.65. The summed E-state index contributed by atoms with van der Waals surface area (Å²) in [4.78, 5) is 0. The molecular formula is C13H27BGeO2. The van der Waals surface area contributed by atoms with E-state index in [-0.39, 0.29) is 7.12 Å². The zero-order valence-corrected chi connectivity index (χ0v) is 14.0. The summed E-state index contributed by atoms with van der Waals surface area (Å²) >= 11 is -1.83. The molecule has 0 aromatic carbocycles. The number of hydrogen-bond donors (Lipinski definition) is 0. The Kier molecular flexibility index (Phi) is 6.89. The zero-order chi connectivity index (χ0) is 12.7. The van der Waals surface area contributed by atoms with E-state index in [1.54, 1.807) is 0 Å². The van der Waals surface area contributed by atoms with Crippen molar-refractivity contribution < 1.29 is 9.31 Å². The first kappa shape index (κ1) is 15.3. The van der Waals surface area contributed by atoms with E-state index >= 15 is 0 Å². The molecule has 1 rings (SSSR count). The van der Waals surface area contributed by atoms with Crippen molar-refractivity contribution >= 4 is 20.4 Å². The van der Waals surface area contributed by atoms with Gasteiger partial charge in [0.25, 0.3) is 0 Å². The van der Waals surface area contributed by atoms with Gasteiger partial charge in [-0.05, 0) is 0 Å². The van der Waals surface area contributed by atoms with Crippen LogP contribution in [0.2, 0.25) is 17.3 Å². The van der Waals surface area contributed by atoms with Crippen molar-refractivity contribution in [2.45, 2.75) is 56.3 Å². The summed E-state index contributed by atoms with van der Waals surface area (Å²) in [5, 5.41) is 0. The Morgan fingerprint density at radius 2 is 1.82 bits per heavy atom. The Morgan fingerprint density at radius 3 is 2.35 bits per heavy atom. The van der Waals surface area contributed by atoms with Crippen LogP contribution in [0.5, 0.6) is 0 Å². The quantitative estimate of drug-likeness (QED) is 0.548. The molecule has 0 unspecified atom stereocenters. The van der Waals surface area contributed by atoms with Gasteiger partial charge in [-0.1, -0.05) is 0 Å². The maximum atomic E-state index is 5.78. The predicted octanol–water partition coefficient (Wildman–Crippen LogP) is 3.83. The predicted molar refractivity (Wildman–Crippen MR) is 77.8 cm³/mol. The summed E-state index contributed by atoms with van der Waals surface area (Å²) in [6.07, 6.45) is 8.56. The molecule has 17 heavy (non-hydrogen) atoms. The Bertz CT molecular complexity index is 242. The second-order valence-electron chi connectivity index (χ2n) is 5.83. The first-order valence-corrected chi connectivity index (χ1v) is 14.3. The van der Waals surface area contributed by atoms with Crippen LogP contribution in [0.1, 0.15) is 39.0 Å². The van der Waals surface area contributed by atoms with Crippen LogP contribution in [-0.4, -0.2) is 33.6 Å². The molecule has 0 aromatic rings. The number of unbranched alkanes of at least 4 members (excludes halogenated alkanes) is 3. The number of rotatable bonds is 6. The molecule has 1 saturated heterocycles. The molecule has 98 valence electrons. The van der Waals surface area contributed by atoms with Crippen molar-refractivity contribution in [1.82, 2.24) is 0 Å². The third-order valence-corrected chi connectivity index (χ3v) is 7.68. The molecule has 1 aliphatic heterocycles. The Hall–Kier alpha value is 0.268. The molecule has 0 radical (unpaired) electrons. The average molecular weight is 299 g/mol. The molecule has 0 N–H and O–H groups in total. The fraction of sp³-hybridized carbons (Fsp3) is 0.846. The van der Waals surface area contributed by atoms with Gasteiger partial charge in [0.15, 0.2) is 0 Å². The molecule has 0 amide bonds. The van der Waals surface area contributed by atoms with Gasteiger partial charge in [0.05, 0.1) is 0 Å². The van der Waals surface area contributed by atoms with Gasteiger partial charge in [0.1, 0.15) is 0 Å². The molecule has 2 nitrogen and oxygen atoms in total. The summed E-state index contributed by atoms with van der Waals surface area (Å²) in [5.41, 5.74) is 0. The van der Waals surface area contributed by atoms with Gasteiger partial charge >= 0.3 is 110 Å². The Labute approximate surface area is 110 Å². The molecule has 1 heterocycles. The van der Waals surface area contributed by atoms with Gasteiger partial charge in [0.2, 0.25) is 0 Å². The van der Waals surface area contributed by atoms with E-state index < -0.39 is 13.3 Å². The van der Waals surface area contributed by atoms with Crippen molar-refractivity contribution in [3.05, 3.63) is 10.4 Å². The number of allylic oxidation sites excluding steroid dienone is 1. The monoisotopic (exact) mass is 300 g/mol. The molecule has 0 aromatic heterocycles. The second-order valence-corrected chi connectivity index (χ2v) is 16.5. The number of hydrogen-bond acceptors (Lipinski definition) is 2. The first-order chi connectivity index (χ1) is 8.05. The Morgan fingerprint density at radius 1 is 1.18 bits per heavy atom. The topological polar surface area (TPSA) is 18.5 Å². The van der Waals surface area contributed by atoms with Crippen LogP contribution < -0.4 is 0 Å². The molecule has 0 bridgehead atoms. The van der Waals surface area contributed by atoms with Crippen LogP contribution in [0.15, 0.2) is 10.4 Å². The molecule has 1 aliphatic rings. The van der Waals surface area contributed by atoms with Crippen molar-refractivity contribution in [2.24, 2.45) is 0 Å². The zero-order valence-electron chi connectivity index (χ0n) is 11.9.